The Morgan fingerprint density at radius 1 is 1.19 bits per heavy atom. The van der Waals surface area contributed by atoms with Gasteiger partial charge in [0.05, 0.1) is 5.69 Å². The quantitative estimate of drug-likeness (QED) is 0.916. The van der Waals surface area contributed by atoms with E-state index in [1.54, 1.807) is 0 Å². The first-order valence-corrected chi connectivity index (χ1v) is 8.08. The van der Waals surface area contributed by atoms with Crippen LogP contribution in [0.25, 0.3) is 0 Å². The van der Waals surface area contributed by atoms with Gasteiger partial charge in [-0.05, 0) is 52.3 Å². The summed E-state index contributed by atoms with van der Waals surface area (Å²) in [4.78, 5) is 5.01. The molecule has 1 aromatic heterocycles. The molecule has 0 aromatic carbocycles. The van der Waals surface area contributed by atoms with Crippen molar-refractivity contribution in [3.05, 3.63) is 17.8 Å². The molecule has 0 bridgehead atoms. The molecule has 0 amide bonds. The minimum absolute atomic E-state index is 0.110. The molecular weight excluding hydrogens is 262 g/mol. The third kappa shape index (κ3) is 3.71. The van der Waals surface area contributed by atoms with Gasteiger partial charge in [0, 0.05) is 37.8 Å². The van der Waals surface area contributed by atoms with Gasteiger partial charge in [0.2, 0.25) is 0 Å². The van der Waals surface area contributed by atoms with Crippen molar-refractivity contribution in [3.63, 3.8) is 0 Å². The number of anilines is 1. The molecule has 1 atom stereocenters. The van der Waals surface area contributed by atoms with E-state index in [-0.39, 0.29) is 5.54 Å². The fraction of sp³-hybridized carbons (Fsp3) is 0.750. The van der Waals surface area contributed by atoms with Gasteiger partial charge in [-0.15, -0.1) is 5.10 Å². The first-order chi connectivity index (χ1) is 10.0. The van der Waals surface area contributed by atoms with E-state index < -0.39 is 0 Å². The van der Waals surface area contributed by atoms with Gasteiger partial charge in [-0.2, -0.15) is 5.10 Å². The summed E-state index contributed by atoms with van der Waals surface area (Å²) in [6.45, 7) is 11.9. The molecule has 2 fully saturated rings. The summed E-state index contributed by atoms with van der Waals surface area (Å²) in [5.41, 5.74) is 1.12. The molecule has 0 radical (unpaired) electrons. The second-order valence-corrected chi connectivity index (χ2v) is 7.26. The SMILES string of the molecule is CC(C)(C)NCc1ccc(N2CCN3CCCC3C2)nn1. The molecular formula is C16H27N5. The summed E-state index contributed by atoms with van der Waals surface area (Å²) >= 11 is 0. The molecule has 116 valence electrons. The third-order valence-corrected chi connectivity index (χ3v) is 4.42. The Kier molecular flexibility index (Phi) is 4.13. The molecule has 2 aliphatic heterocycles. The molecule has 3 heterocycles. The topological polar surface area (TPSA) is 44.3 Å². The molecule has 2 saturated heterocycles. The van der Waals surface area contributed by atoms with Crippen molar-refractivity contribution in [2.75, 3.05) is 31.1 Å². The third-order valence-electron chi connectivity index (χ3n) is 4.42. The molecule has 1 N–H and O–H groups in total. The van der Waals surface area contributed by atoms with Crippen molar-refractivity contribution in [1.29, 1.82) is 0 Å². The Labute approximate surface area is 127 Å². The number of nitrogens with one attached hydrogen (secondary N) is 1. The van der Waals surface area contributed by atoms with E-state index in [1.807, 2.05) is 0 Å². The Balaban J connectivity index is 1.59. The van der Waals surface area contributed by atoms with E-state index in [1.165, 1.54) is 25.9 Å². The predicted octanol–water partition coefficient (Wildman–Crippen LogP) is 1.65. The number of fused-ring (bicyclic) bond motifs is 1. The van der Waals surface area contributed by atoms with Crippen LogP contribution >= 0.6 is 0 Å². The normalized spacial score (nSPS) is 23.4. The van der Waals surface area contributed by atoms with Crippen LogP contribution < -0.4 is 10.2 Å². The smallest absolute Gasteiger partial charge is 0.151 e. The summed E-state index contributed by atoms with van der Waals surface area (Å²) in [6, 6.07) is 4.95. The summed E-state index contributed by atoms with van der Waals surface area (Å²) in [7, 11) is 0. The number of rotatable bonds is 3. The predicted molar refractivity (Wildman–Crippen MR) is 85.4 cm³/mol. The average Bonchev–Trinajstić information content (AvgIpc) is 2.92. The van der Waals surface area contributed by atoms with Gasteiger partial charge in [-0.1, -0.05) is 0 Å². The van der Waals surface area contributed by atoms with E-state index in [0.717, 1.165) is 37.2 Å². The largest absolute Gasteiger partial charge is 0.352 e. The highest BCUT2D eigenvalue weighted by Crippen LogP contribution is 2.24. The number of nitrogens with zero attached hydrogens (tertiary/aromatic N) is 4. The minimum Gasteiger partial charge on any atom is -0.352 e. The molecule has 21 heavy (non-hydrogen) atoms. The molecule has 1 unspecified atom stereocenters. The highest BCUT2D eigenvalue weighted by atomic mass is 15.3. The lowest BCUT2D eigenvalue weighted by Crippen LogP contribution is -2.50. The van der Waals surface area contributed by atoms with Crippen molar-refractivity contribution in [3.8, 4) is 0 Å². The van der Waals surface area contributed by atoms with Crippen molar-refractivity contribution >= 4 is 5.82 Å². The maximum absolute atomic E-state index is 4.43. The second kappa shape index (κ2) is 5.89. The van der Waals surface area contributed by atoms with Crippen molar-refractivity contribution in [2.45, 2.75) is 51.7 Å². The Morgan fingerprint density at radius 2 is 2.05 bits per heavy atom. The minimum atomic E-state index is 0.110. The molecule has 0 spiro atoms. The van der Waals surface area contributed by atoms with Crippen LogP contribution in [0.3, 0.4) is 0 Å². The van der Waals surface area contributed by atoms with Gasteiger partial charge < -0.3 is 10.2 Å². The van der Waals surface area contributed by atoms with E-state index >= 15 is 0 Å². The van der Waals surface area contributed by atoms with Crippen LogP contribution in [-0.2, 0) is 6.54 Å². The second-order valence-electron chi connectivity index (χ2n) is 7.26. The van der Waals surface area contributed by atoms with Crippen LogP contribution in [0.15, 0.2) is 12.1 Å². The summed E-state index contributed by atoms with van der Waals surface area (Å²) in [5, 5.41) is 12.3. The van der Waals surface area contributed by atoms with Crippen molar-refractivity contribution < 1.29 is 0 Å². The number of aromatic nitrogens is 2. The van der Waals surface area contributed by atoms with Crippen LogP contribution in [0.5, 0.6) is 0 Å². The van der Waals surface area contributed by atoms with Crippen LogP contribution in [-0.4, -0.2) is 52.9 Å². The molecule has 3 rings (SSSR count). The Bertz CT molecular complexity index is 465. The fourth-order valence-electron chi connectivity index (χ4n) is 3.17. The lowest BCUT2D eigenvalue weighted by atomic mass is 10.1. The monoisotopic (exact) mass is 289 g/mol. The van der Waals surface area contributed by atoms with Gasteiger partial charge in [0.15, 0.2) is 5.82 Å². The zero-order valence-electron chi connectivity index (χ0n) is 13.5. The first kappa shape index (κ1) is 14.7. The molecule has 2 aliphatic rings. The molecule has 0 saturated carbocycles. The average molecular weight is 289 g/mol. The van der Waals surface area contributed by atoms with Crippen molar-refractivity contribution in [1.82, 2.24) is 20.4 Å². The number of hydrogen-bond donors (Lipinski definition) is 1. The van der Waals surface area contributed by atoms with Gasteiger partial charge in [0.1, 0.15) is 0 Å². The van der Waals surface area contributed by atoms with Crippen LogP contribution in [0, 0.1) is 0 Å². The van der Waals surface area contributed by atoms with E-state index in [2.05, 4.69) is 58.2 Å². The Morgan fingerprint density at radius 3 is 2.76 bits per heavy atom. The molecule has 5 nitrogen and oxygen atoms in total. The number of piperazine rings is 1. The molecule has 0 aliphatic carbocycles. The van der Waals surface area contributed by atoms with Crippen LogP contribution in [0.1, 0.15) is 39.3 Å². The zero-order valence-corrected chi connectivity index (χ0v) is 13.5. The van der Waals surface area contributed by atoms with Gasteiger partial charge >= 0.3 is 0 Å². The maximum Gasteiger partial charge on any atom is 0.151 e. The summed E-state index contributed by atoms with van der Waals surface area (Å²) in [5.74, 6) is 1.03. The van der Waals surface area contributed by atoms with E-state index in [9.17, 15) is 0 Å². The standard InChI is InChI=1S/C16H27N5/c1-16(2,3)17-11-13-6-7-15(19-18-13)21-10-9-20-8-4-5-14(20)12-21/h6-7,14,17H,4-5,8-12H2,1-3H3. The van der Waals surface area contributed by atoms with Crippen LogP contribution in [0.4, 0.5) is 5.82 Å². The van der Waals surface area contributed by atoms with Crippen molar-refractivity contribution in [2.24, 2.45) is 0 Å². The van der Waals surface area contributed by atoms with Gasteiger partial charge in [0.25, 0.3) is 0 Å². The van der Waals surface area contributed by atoms with Gasteiger partial charge in [-0.3, -0.25) is 4.90 Å². The van der Waals surface area contributed by atoms with E-state index in [0.29, 0.717) is 0 Å². The summed E-state index contributed by atoms with van der Waals surface area (Å²) < 4.78 is 0. The van der Waals surface area contributed by atoms with Gasteiger partial charge in [-0.25, -0.2) is 0 Å². The van der Waals surface area contributed by atoms with Crippen LogP contribution in [0.2, 0.25) is 0 Å². The van der Waals surface area contributed by atoms with E-state index in [4.69, 9.17) is 0 Å². The highest BCUT2D eigenvalue weighted by Gasteiger charge is 2.31. The molecule has 5 heteroatoms. The lowest BCUT2D eigenvalue weighted by Gasteiger charge is -2.37. The molecule has 1 aromatic rings. The Hall–Kier alpha value is -1.20. The number of hydrogen-bond acceptors (Lipinski definition) is 5. The maximum atomic E-state index is 4.43. The fourth-order valence-corrected chi connectivity index (χ4v) is 3.17. The lowest BCUT2D eigenvalue weighted by molar-refractivity contribution is 0.230. The highest BCUT2D eigenvalue weighted by molar-refractivity contribution is 5.38. The first-order valence-electron chi connectivity index (χ1n) is 8.08. The summed E-state index contributed by atoms with van der Waals surface area (Å²) in [6.07, 6.45) is 2.68. The zero-order chi connectivity index (χ0) is 14.9.